The summed E-state index contributed by atoms with van der Waals surface area (Å²) in [6.45, 7) is 0. The van der Waals surface area contributed by atoms with Crippen LogP contribution in [-0.4, -0.2) is 8.42 Å². The summed E-state index contributed by atoms with van der Waals surface area (Å²) in [4.78, 5) is -0.314. The summed E-state index contributed by atoms with van der Waals surface area (Å²) in [5.74, 6) is 0.0200. The van der Waals surface area contributed by atoms with Crippen molar-refractivity contribution in [1.82, 2.24) is 0 Å². The molecule has 0 saturated carbocycles. The van der Waals surface area contributed by atoms with E-state index in [9.17, 15) is 18.1 Å². The second-order valence-electron chi connectivity index (χ2n) is 5.99. The number of hydrogen-bond donors (Lipinski definition) is 1. The zero-order valence-electron chi connectivity index (χ0n) is 15.2. The molecule has 0 heterocycles. The number of halogens is 1. The molecule has 0 fully saturated rings. The maximum atomic E-state index is 13.1. The molecule has 0 aliphatic carbocycles. The molecule has 0 saturated heterocycles. The van der Waals surface area contributed by atoms with Gasteiger partial charge in [-0.05, 0) is 42.0 Å². The van der Waals surface area contributed by atoms with Crippen molar-refractivity contribution in [2.24, 2.45) is 0 Å². The molecule has 0 aliphatic rings. The third-order valence-electron chi connectivity index (χ3n) is 3.96. The fraction of sp³-hybridized carbons (Fsp3) is 0.0455. The van der Waals surface area contributed by atoms with Crippen LogP contribution in [-0.2, 0) is 15.6 Å². The van der Waals surface area contributed by atoms with Crippen molar-refractivity contribution < 1.29 is 12.8 Å². The Labute approximate surface area is 173 Å². The molecular formula is C22H17FN2O2S2. The highest BCUT2D eigenvalue weighted by Gasteiger charge is 2.25. The van der Waals surface area contributed by atoms with Crippen LogP contribution in [0.25, 0.3) is 0 Å². The lowest BCUT2D eigenvalue weighted by molar-refractivity contribution is 0.603. The number of benzene rings is 3. The average Bonchev–Trinajstić information content (AvgIpc) is 2.75. The number of para-hydroxylation sites is 1. The molecule has 0 aliphatic heterocycles. The van der Waals surface area contributed by atoms with Crippen LogP contribution in [0.4, 0.5) is 10.1 Å². The lowest BCUT2D eigenvalue weighted by atomic mass is 10.2. The number of anilines is 1. The third kappa shape index (κ3) is 5.25. The van der Waals surface area contributed by atoms with E-state index in [1.807, 2.05) is 24.3 Å². The monoisotopic (exact) mass is 424 g/mol. The second kappa shape index (κ2) is 9.41. The van der Waals surface area contributed by atoms with Crippen molar-refractivity contribution >= 4 is 27.3 Å². The smallest absolute Gasteiger partial charge is 0.219 e. The fourth-order valence-electron chi connectivity index (χ4n) is 2.50. The second-order valence-corrected chi connectivity index (χ2v) is 8.86. The van der Waals surface area contributed by atoms with E-state index in [2.05, 4.69) is 5.32 Å². The Morgan fingerprint density at radius 2 is 1.52 bits per heavy atom. The normalized spacial score (nSPS) is 12.0. The summed E-state index contributed by atoms with van der Waals surface area (Å²) >= 11 is 1.17. The molecule has 29 heavy (non-hydrogen) atoms. The van der Waals surface area contributed by atoms with E-state index in [0.29, 0.717) is 11.4 Å². The Morgan fingerprint density at radius 1 is 0.931 bits per heavy atom. The maximum absolute atomic E-state index is 13.1. The van der Waals surface area contributed by atoms with Crippen LogP contribution < -0.4 is 5.32 Å². The van der Waals surface area contributed by atoms with Crippen LogP contribution in [0, 0.1) is 17.1 Å². The zero-order valence-corrected chi connectivity index (χ0v) is 16.9. The number of nitrogens with one attached hydrogen (secondary N) is 1. The predicted octanol–water partition coefficient (Wildman–Crippen LogP) is 5.34. The van der Waals surface area contributed by atoms with E-state index in [-0.39, 0.29) is 20.6 Å². The van der Waals surface area contributed by atoms with Crippen molar-refractivity contribution in [2.75, 3.05) is 5.32 Å². The summed E-state index contributed by atoms with van der Waals surface area (Å²) in [7, 11) is -4.01. The van der Waals surface area contributed by atoms with Crippen LogP contribution in [0.3, 0.4) is 0 Å². The van der Waals surface area contributed by atoms with E-state index in [4.69, 9.17) is 0 Å². The summed E-state index contributed by atoms with van der Waals surface area (Å²) < 4.78 is 39.3. The number of rotatable bonds is 7. The summed E-state index contributed by atoms with van der Waals surface area (Å²) in [6, 6.07) is 24.6. The van der Waals surface area contributed by atoms with Gasteiger partial charge >= 0.3 is 0 Å². The average molecular weight is 425 g/mol. The topological polar surface area (TPSA) is 70.0 Å². The first-order valence-corrected chi connectivity index (χ1v) is 11.1. The number of nitrogens with zero attached hydrogens (tertiary/aromatic N) is 1. The molecule has 3 aromatic rings. The van der Waals surface area contributed by atoms with Crippen molar-refractivity contribution in [2.45, 2.75) is 10.6 Å². The minimum Gasteiger partial charge on any atom is -0.349 e. The Hall–Kier alpha value is -3.08. The molecule has 0 amide bonds. The van der Waals surface area contributed by atoms with E-state index >= 15 is 0 Å². The molecule has 0 radical (unpaired) electrons. The van der Waals surface area contributed by atoms with Gasteiger partial charge in [0.05, 0.1) is 4.90 Å². The Bertz CT molecular complexity index is 1140. The first-order chi connectivity index (χ1) is 14.0. The first kappa shape index (κ1) is 20.6. The number of hydrogen-bond acceptors (Lipinski definition) is 5. The number of thioether (sulfide) groups is 1. The van der Waals surface area contributed by atoms with E-state index in [1.165, 1.54) is 36.0 Å². The summed E-state index contributed by atoms with van der Waals surface area (Å²) in [5, 5.41) is 13.0. The Morgan fingerprint density at radius 3 is 2.10 bits per heavy atom. The van der Waals surface area contributed by atoms with E-state index in [1.54, 1.807) is 42.5 Å². The maximum Gasteiger partial charge on any atom is 0.219 e. The molecule has 7 heteroatoms. The first-order valence-electron chi connectivity index (χ1n) is 8.64. The van der Waals surface area contributed by atoms with Gasteiger partial charge in [-0.1, -0.05) is 48.5 Å². The van der Waals surface area contributed by atoms with Gasteiger partial charge in [-0.2, -0.15) is 5.26 Å². The summed E-state index contributed by atoms with van der Waals surface area (Å²) in [5.41, 5.74) is 1.46. The molecule has 1 N–H and O–H groups in total. The van der Waals surface area contributed by atoms with E-state index < -0.39 is 9.84 Å². The molecule has 146 valence electrons. The largest absolute Gasteiger partial charge is 0.349 e. The Kier molecular flexibility index (Phi) is 6.70. The third-order valence-corrected chi connectivity index (χ3v) is 6.89. The van der Waals surface area contributed by atoms with E-state index in [0.717, 1.165) is 5.56 Å². The van der Waals surface area contributed by atoms with Crippen LogP contribution in [0.1, 0.15) is 5.56 Å². The van der Waals surface area contributed by atoms with Gasteiger partial charge in [0, 0.05) is 11.4 Å². The lowest BCUT2D eigenvalue weighted by Gasteiger charge is -2.14. The molecule has 3 aromatic carbocycles. The Balaban J connectivity index is 2.01. The predicted molar refractivity (Wildman–Crippen MR) is 114 cm³/mol. The fourth-order valence-corrected chi connectivity index (χ4v) is 5.04. The van der Waals surface area contributed by atoms with Gasteiger partial charge < -0.3 is 5.32 Å². The minimum atomic E-state index is -4.01. The highest BCUT2D eigenvalue weighted by atomic mass is 32.2. The van der Waals surface area contributed by atoms with Crippen LogP contribution in [0.2, 0.25) is 0 Å². The molecule has 0 unspecified atom stereocenters. The number of sulfone groups is 1. The van der Waals surface area contributed by atoms with Crippen molar-refractivity contribution in [3.05, 3.63) is 106 Å². The quantitative estimate of drug-likeness (QED) is 0.519. The minimum absolute atomic E-state index is 0.0475. The van der Waals surface area contributed by atoms with Crippen LogP contribution >= 0.6 is 11.8 Å². The van der Waals surface area contributed by atoms with Crippen molar-refractivity contribution in [3.63, 3.8) is 0 Å². The van der Waals surface area contributed by atoms with Gasteiger partial charge in [0.25, 0.3) is 0 Å². The molecule has 0 atom stereocenters. The van der Waals surface area contributed by atoms with Crippen LogP contribution in [0.15, 0.2) is 99.8 Å². The highest BCUT2D eigenvalue weighted by Crippen LogP contribution is 2.31. The van der Waals surface area contributed by atoms with Gasteiger partial charge in [0.1, 0.15) is 16.9 Å². The van der Waals surface area contributed by atoms with Gasteiger partial charge in [-0.3, -0.25) is 0 Å². The van der Waals surface area contributed by atoms with Gasteiger partial charge in [-0.25, -0.2) is 12.8 Å². The van der Waals surface area contributed by atoms with Crippen molar-refractivity contribution in [1.29, 1.82) is 5.26 Å². The molecule has 3 rings (SSSR count). The standard InChI is InChI=1S/C22H17FN2O2S2/c23-18-13-11-17(12-14-18)16-28-22(25-19-7-3-1-4-8-19)21(15-24)29(26,27)20-9-5-2-6-10-20/h1-14,25H,16H2. The molecular weight excluding hydrogens is 407 g/mol. The SMILES string of the molecule is N#CC(=C(Nc1ccccc1)SCc1ccc(F)cc1)S(=O)(=O)c1ccccc1. The van der Waals surface area contributed by atoms with Gasteiger partial charge in [0.2, 0.25) is 9.84 Å². The van der Waals surface area contributed by atoms with Crippen LogP contribution in [0.5, 0.6) is 0 Å². The lowest BCUT2D eigenvalue weighted by Crippen LogP contribution is -2.10. The number of nitriles is 1. The number of allylic oxidation sites excluding steroid dienone is 1. The zero-order chi connectivity index (χ0) is 20.7. The molecule has 0 spiro atoms. The summed E-state index contributed by atoms with van der Waals surface area (Å²) in [6.07, 6.45) is 0. The van der Waals surface area contributed by atoms with Gasteiger partial charge in [-0.15, -0.1) is 11.8 Å². The molecule has 4 nitrogen and oxygen atoms in total. The molecule has 0 aromatic heterocycles. The highest BCUT2D eigenvalue weighted by molar-refractivity contribution is 8.04. The molecule has 0 bridgehead atoms. The van der Waals surface area contributed by atoms with Crippen molar-refractivity contribution in [3.8, 4) is 6.07 Å². The van der Waals surface area contributed by atoms with Gasteiger partial charge in [0.15, 0.2) is 4.91 Å².